The van der Waals surface area contributed by atoms with E-state index in [0.29, 0.717) is 10.8 Å². The molecule has 0 aromatic heterocycles. The highest BCUT2D eigenvalue weighted by atomic mass is 14.6. The van der Waals surface area contributed by atoms with E-state index in [4.69, 9.17) is 0 Å². The van der Waals surface area contributed by atoms with Crippen LogP contribution in [0, 0.1) is 22.7 Å². The van der Waals surface area contributed by atoms with Crippen molar-refractivity contribution in [2.45, 2.75) is 52.9 Å². The van der Waals surface area contributed by atoms with Gasteiger partial charge in [0.05, 0.1) is 0 Å². The normalized spacial score (nSPS) is 44.8. The van der Waals surface area contributed by atoms with Crippen molar-refractivity contribution in [1.82, 2.24) is 0 Å². The van der Waals surface area contributed by atoms with Crippen LogP contribution in [-0.2, 0) is 0 Å². The lowest BCUT2D eigenvalue weighted by atomic mass is 9.70. The van der Waals surface area contributed by atoms with Crippen LogP contribution in [0.25, 0.3) is 0 Å². The summed E-state index contributed by atoms with van der Waals surface area (Å²) in [5.74, 6) is 1.67. The minimum Gasteiger partial charge on any atom is -0.0850 e. The lowest BCUT2D eigenvalue weighted by molar-refractivity contribution is 0.180. The number of rotatable bonds is 1. The molecule has 88 valence electrons. The van der Waals surface area contributed by atoms with E-state index < -0.39 is 0 Å². The molecule has 0 aromatic rings. The molecular formula is C16H24. The Bertz CT molecular complexity index is 358. The summed E-state index contributed by atoms with van der Waals surface area (Å²) in [7, 11) is 0. The van der Waals surface area contributed by atoms with Crippen LogP contribution in [0.5, 0.6) is 0 Å². The van der Waals surface area contributed by atoms with Crippen molar-refractivity contribution in [3.63, 3.8) is 0 Å². The van der Waals surface area contributed by atoms with Gasteiger partial charge in [0.25, 0.3) is 0 Å². The maximum Gasteiger partial charge on any atom is -0.00835 e. The first-order valence-electron chi connectivity index (χ1n) is 6.93. The summed E-state index contributed by atoms with van der Waals surface area (Å²) in [6.07, 6.45) is 14.5. The Morgan fingerprint density at radius 3 is 2.50 bits per heavy atom. The summed E-state index contributed by atoms with van der Waals surface area (Å²) in [5.41, 5.74) is 2.73. The van der Waals surface area contributed by atoms with Crippen molar-refractivity contribution in [2.24, 2.45) is 22.7 Å². The Balaban J connectivity index is 1.91. The van der Waals surface area contributed by atoms with Crippen molar-refractivity contribution in [3.8, 4) is 0 Å². The highest BCUT2D eigenvalue weighted by Gasteiger charge is 2.57. The first-order chi connectivity index (χ1) is 7.55. The molecule has 0 N–H and O–H groups in total. The first kappa shape index (κ1) is 10.6. The zero-order chi connectivity index (χ0) is 11.4. The monoisotopic (exact) mass is 216 g/mol. The Morgan fingerprint density at radius 2 is 2.00 bits per heavy atom. The van der Waals surface area contributed by atoms with Crippen molar-refractivity contribution in [3.05, 3.63) is 23.8 Å². The van der Waals surface area contributed by atoms with Crippen LogP contribution in [0.15, 0.2) is 23.8 Å². The third-order valence-corrected chi connectivity index (χ3v) is 5.86. The second kappa shape index (κ2) is 3.24. The van der Waals surface area contributed by atoms with Crippen molar-refractivity contribution in [2.75, 3.05) is 0 Å². The summed E-state index contributed by atoms with van der Waals surface area (Å²) in [4.78, 5) is 0. The fourth-order valence-electron chi connectivity index (χ4n) is 4.27. The predicted molar refractivity (Wildman–Crippen MR) is 69.2 cm³/mol. The number of hydrogen-bond acceptors (Lipinski definition) is 0. The van der Waals surface area contributed by atoms with Gasteiger partial charge in [-0.25, -0.2) is 0 Å². The van der Waals surface area contributed by atoms with Gasteiger partial charge in [0.2, 0.25) is 0 Å². The minimum absolute atomic E-state index is 0.459. The molecule has 0 spiro atoms. The Kier molecular flexibility index (Phi) is 2.15. The van der Waals surface area contributed by atoms with Gasteiger partial charge >= 0.3 is 0 Å². The average molecular weight is 216 g/mol. The second-order valence-electron chi connectivity index (χ2n) is 6.86. The standard InChI is InChI=1S/C16H24/c1-15(2)14-9-10-16(15,3)11-13(14)12-7-5-4-6-8-12/h7,9-10,13-14H,4-6,8,11H2,1-3H3. The van der Waals surface area contributed by atoms with Crippen LogP contribution in [0.1, 0.15) is 52.9 Å². The zero-order valence-corrected chi connectivity index (χ0v) is 10.9. The molecule has 0 aliphatic heterocycles. The average Bonchev–Trinajstić information content (AvgIpc) is 2.62. The Hall–Kier alpha value is -0.520. The van der Waals surface area contributed by atoms with E-state index in [-0.39, 0.29) is 0 Å². The topological polar surface area (TPSA) is 0 Å². The molecule has 3 unspecified atom stereocenters. The highest BCUT2D eigenvalue weighted by molar-refractivity contribution is 5.30. The molecule has 2 bridgehead atoms. The van der Waals surface area contributed by atoms with Crippen LogP contribution in [0.4, 0.5) is 0 Å². The van der Waals surface area contributed by atoms with Crippen LogP contribution in [-0.4, -0.2) is 0 Å². The first-order valence-corrected chi connectivity index (χ1v) is 6.93. The molecule has 0 aromatic carbocycles. The van der Waals surface area contributed by atoms with Crippen LogP contribution >= 0.6 is 0 Å². The lowest BCUT2D eigenvalue weighted by Crippen LogP contribution is -2.27. The third kappa shape index (κ3) is 1.22. The minimum atomic E-state index is 0.459. The molecular weight excluding hydrogens is 192 g/mol. The molecule has 0 radical (unpaired) electrons. The number of fused-ring (bicyclic) bond motifs is 2. The van der Waals surface area contributed by atoms with E-state index in [0.717, 1.165) is 11.8 Å². The van der Waals surface area contributed by atoms with Gasteiger partial charge in [-0.1, -0.05) is 44.6 Å². The van der Waals surface area contributed by atoms with Crippen molar-refractivity contribution >= 4 is 0 Å². The molecule has 3 atom stereocenters. The molecule has 1 fully saturated rings. The SMILES string of the molecule is CC12C=CC(C(C3=CCCCC3)C1)C2(C)C. The van der Waals surface area contributed by atoms with E-state index in [1.807, 2.05) is 0 Å². The number of allylic oxidation sites excluding steroid dienone is 4. The highest BCUT2D eigenvalue weighted by Crippen LogP contribution is 2.65. The lowest BCUT2D eigenvalue weighted by Gasteiger charge is -2.33. The van der Waals surface area contributed by atoms with Crippen LogP contribution in [0.3, 0.4) is 0 Å². The third-order valence-electron chi connectivity index (χ3n) is 5.86. The Labute approximate surface area is 99.8 Å². The molecule has 0 saturated heterocycles. The second-order valence-corrected chi connectivity index (χ2v) is 6.86. The van der Waals surface area contributed by atoms with E-state index in [1.165, 1.54) is 32.1 Å². The fourth-order valence-corrected chi connectivity index (χ4v) is 4.27. The molecule has 0 heterocycles. The summed E-state index contributed by atoms with van der Waals surface area (Å²) in [5, 5.41) is 0. The molecule has 0 heteroatoms. The van der Waals surface area contributed by atoms with Gasteiger partial charge in [-0.3, -0.25) is 0 Å². The zero-order valence-electron chi connectivity index (χ0n) is 10.9. The number of hydrogen-bond donors (Lipinski definition) is 0. The molecule has 3 rings (SSSR count). The maximum atomic E-state index is 2.56. The molecule has 3 aliphatic carbocycles. The smallest absolute Gasteiger partial charge is 0.00835 e. The summed E-state index contributed by atoms with van der Waals surface area (Å²) in [6, 6.07) is 0. The van der Waals surface area contributed by atoms with Crippen molar-refractivity contribution in [1.29, 1.82) is 0 Å². The Morgan fingerprint density at radius 1 is 1.19 bits per heavy atom. The predicted octanol–water partition coefficient (Wildman–Crippen LogP) is 4.73. The summed E-state index contributed by atoms with van der Waals surface area (Å²) < 4.78 is 0. The van der Waals surface area contributed by atoms with Gasteiger partial charge in [-0.2, -0.15) is 0 Å². The summed E-state index contributed by atoms with van der Waals surface area (Å²) in [6.45, 7) is 7.41. The van der Waals surface area contributed by atoms with E-state index in [9.17, 15) is 0 Å². The van der Waals surface area contributed by atoms with Gasteiger partial charge in [0.1, 0.15) is 0 Å². The van der Waals surface area contributed by atoms with Gasteiger partial charge in [-0.05, 0) is 54.8 Å². The maximum absolute atomic E-state index is 2.56. The van der Waals surface area contributed by atoms with Gasteiger partial charge in [0, 0.05) is 0 Å². The van der Waals surface area contributed by atoms with Crippen molar-refractivity contribution < 1.29 is 0 Å². The van der Waals surface area contributed by atoms with E-state index in [1.54, 1.807) is 5.57 Å². The van der Waals surface area contributed by atoms with E-state index >= 15 is 0 Å². The molecule has 16 heavy (non-hydrogen) atoms. The fraction of sp³-hybridized carbons (Fsp3) is 0.750. The quantitative estimate of drug-likeness (QED) is 0.556. The van der Waals surface area contributed by atoms with Crippen LogP contribution in [0.2, 0.25) is 0 Å². The molecule has 1 saturated carbocycles. The molecule has 3 aliphatic rings. The largest absolute Gasteiger partial charge is 0.0850 e. The van der Waals surface area contributed by atoms with Gasteiger partial charge in [0.15, 0.2) is 0 Å². The van der Waals surface area contributed by atoms with Crippen LogP contribution < -0.4 is 0 Å². The molecule has 0 amide bonds. The van der Waals surface area contributed by atoms with Gasteiger partial charge < -0.3 is 0 Å². The summed E-state index contributed by atoms with van der Waals surface area (Å²) >= 11 is 0. The molecule has 0 nitrogen and oxygen atoms in total. The van der Waals surface area contributed by atoms with E-state index in [2.05, 4.69) is 39.0 Å². The van der Waals surface area contributed by atoms with Gasteiger partial charge in [-0.15, -0.1) is 0 Å².